The van der Waals surface area contributed by atoms with Crippen molar-refractivity contribution in [2.45, 2.75) is 32.4 Å². The van der Waals surface area contributed by atoms with Gasteiger partial charge in [-0.15, -0.1) is 5.10 Å². The molecule has 44 heavy (non-hydrogen) atoms. The molecule has 1 N–H and O–H groups in total. The Kier molecular flexibility index (Phi) is 8.66. The molecule has 5 aromatic rings. The van der Waals surface area contributed by atoms with Crippen molar-refractivity contribution >= 4 is 5.97 Å². The lowest BCUT2D eigenvalue weighted by molar-refractivity contribution is -0.137. The van der Waals surface area contributed by atoms with Gasteiger partial charge >= 0.3 is 17.8 Å². The van der Waals surface area contributed by atoms with Gasteiger partial charge in [-0.05, 0) is 85.0 Å². The number of rotatable bonds is 10. The van der Waals surface area contributed by atoms with Crippen LogP contribution in [0.3, 0.4) is 0 Å². The molecule has 0 saturated heterocycles. The summed E-state index contributed by atoms with van der Waals surface area (Å²) in [6.07, 6.45) is -3.14. The van der Waals surface area contributed by atoms with Crippen molar-refractivity contribution in [3.63, 3.8) is 0 Å². The standard InChI is InChI=1S/C33H27F4N3O4/c1-2-44-29-19-14-23(20-26(29)31(41)42)22-12-10-21(11-13-22)6-5-9-30-38-40(25-17-15-24(16-18-25)33(35,36)37)32(43)39(30)28-8-4-3-7-27(28)34/h3-4,7-8,10-20H,2,5-6,9H2,1H3,(H,41,42). The zero-order chi connectivity index (χ0) is 31.4. The number of alkyl halides is 3. The molecule has 226 valence electrons. The van der Waals surface area contributed by atoms with Gasteiger partial charge in [0.1, 0.15) is 23.0 Å². The summed E-state index contributed by atoms with van der Waals surface area (Å²) in [6.45, 7) is 2.13. The summed E-state index contributed by atoms with van der Waals surface area (Å²) in [5, 5.41) is 13.9. The van der Waals surface area contributed by atoms with E-state index in [0.717, 1.165) is 50.2 Å². The van der Waals surface area contributed by atoms with Gasteiger partial charge in [0.15, 0.2) is 0 Å². The maximum absolute atomic E-state index is 14.8. The second kappa shape index (κ2) is 12.6. The molecule has 1 aromatic heterocycles. The minimum atomic E-state index is -4.53. The first-order valence-corrected chi connectivity index (χ1v) is 13.8. The number of aryl methyl sites for hydroxylation is 2. The van der Waals surface area contributed by atoms with E-state index in [1.807, 2.05) is 24.3 Å². The number of ether oxygens (including phenoxy) is 1. The van der Waals surface area contributed by atoms with Crippen LogP contribution in [0, 0.1) is 5.82 Å². The largest absolute Gasteiger partial charge is 0.493 e. The lowest BCUT2D eigenvalue weighted by Gasteiger charge is -2.10. The van der Waals surface area contributed by atoms with Gasteiger partial charge in [0, 0.05) is 6.42 Å². The highest BCUT2D eigenvalue weighted by Crippen LogP contribution is 2.30. The highest BCUT2D eigenvalue weighted by molar-refractivity contribution is 5.92. The van der Waals surface area contributed by atoms with E-state index in [-0.39, 0.29) is 29.2 Å². The molecular weight excluding hydrogens is 578 g/mol. The number of benzene rings is 4. The number of aromatic carboxylic acids is 1. The molecule has 0 amide bonds. The Labute approximate surface area is 249 Å². The van der Waals surface area contributed by atoms with Crippen LogP contribution in [-0.2, 0) is 19.0 Å². The number of hydrogen-bond acceptors (Lipinski definition) is 4. The number of nitrogens with zero attached hydrogens (tertiary/aromatic N) is 3. The van der Waals surface area contributed by atoms with E-state index in [0.29, 0.717) is 25.2 Å². The van der Waals surface area contributed by atoms with E-state index >= 15 is 0 Å². The fourth-order valence-corrected chi connectivity index (χ4v) is 4.88. The van der Waals surface area contributed by atoms with Gasteiger partial charge in [0.05, 0.1) is 23.5 Å². The van der Waals surface area contributed by atoms with E-state index in [2.05, 4.69) is 5.10 Å². The van der Waals surface area contributed by atoms with Crippen molar-refractivity contribution in [2.24, 2.45) is 0 Å². The van der Waals surface area contributed by atoms with E-state index in [1.54, 1.807) is 31.2 Å². The van der Waals surface area contributed by atoms with Crippen LogP contribution in [0.25, 0.3) is 22.5 Å². The number of hydrogen-bond donors (Lipinski definition) is 1. The molecule has 0 spiro atoms. The molecule has 0 aliphatic carbocycles. The minimum absolute atomic E-state index is 0.00824. The van der Waals surface area contributed by atoms with Crippen LogP contribution in [0.2, 0.25) is 0 Å². The lowest BCUT2D eigenvalue weighted by atomic mass is 9.99. The van der Waals surface area contributed by atoms with Gasteiger partial charge in [-0.25, -0.2) is 18.5 Å². The molecule has 1 heterocycles. The fourth-order valence-electron chi connectivity index (χ4n) is 4.88. The summed E-state index contributed by atoms with van der Waals surface area (Å²) in [5.74, 6) is -1.16. The van der Waals surface area contributed by atoms with Gasteiger partial charge in [-0.3, -0.25) is 0 Å². The number of aromatic nitrogens is 3. The first kappa shape index (κ1) is 30.3. The third-order valence-electron chi connectivity index (χ3n) is 7.04. The Morgan fingerprint density at radius 3 is 2.23 bits per heavy atom. The number of halogens is 4. The maximum Gasteiger partial charge on any atom is 0.416 e. The summed E-state index contributed by atoms with van der Waals surface area (Å²) in [5.41, 5.74) is 1.14. The third-order valence-corrected chi connectivity index (χ3v) is 7.04. The third kappa shape index (κ3) is 6.41. The highest BCUT2D eigenvalue weighted by Gasteiger charge is 2.30. The Bertz CT molecular complexity index is 1840. The highest BCUT2D eigenvalue weighted by atomic mass is 19.4. The zero-order valence-corrected chi connectivity index (χ0v) is 23.5. The quantitative estimate of drug-likeness (QED) is 0.171. The molecule has 5 rings (SSSR count). The number of carboxylic acid groups (broad SMARTS) is 1. The van der Waals surface area contributed by atoms with Crippen LogP contribution >= 0.6 is 0 Å². The smallest absolute Gasteiger partial charge is 0.416 e. The second-order valence-electron chi connectivity index (χ2n) is 9.94. The molecule has 0 radical (unpaired) electrons. The molecule has 0 aliphatic heterocycles. The summed E-state index contributed by atoms with van der Waals surface area (Å²) in [4.78, 5) is 25.1. The number of carboxylic acids is 1. The Balaban J connectivity index is 1.37. The molecule has 0 bridgehead atoms. The number of para-hydroxylation sites is 1. The molecule has 11 heteroatoms. The van der Waals surface area contributed by atoms with Crippen LogP contribution in [0.1, 0.15) is 40.7 Å². The average molecular weight is 606 g/mol. The SMILES string of the molecule is CCOc1ccc(-c2ccc(CCCc3nn(-c4ccc(C(F)(F)F)cc4)c(=O)n3-c3ccccc3F)cc2)cc1C(=O)O. The summed E-state index contributed by atoms with van der Waals surface area (Å²) in [6, 6.07) is 22.3. The van der Waals surface area contributed by atoms with Crippen molar-refractivity contribution in [2.75, 3.05) is 6.61 Å². The Morgan fingerprint density at radius 2 is 1.59 bits per heavy atom. The van der Waals surface area contributed by atoms with Crippen LogP contribution in [0.15, 0.2) is 95.8 Å². The first-order valence-electron chi connectivity index (χ1n) is 13.8. The second-order valence-corrected chi connectivity index (χ2v) is 9.94. The van der Waals surface area contributed by atoms with E-state index in [4.69, 9.17) is 4.74 Å². The van der Waals surface area contributed by atoms with Gasteiger partial charge in [0.2, 0.25) is 0 Å². The monoisotopic (exact) mass is 605 g/mol. The van der Waals surface area contributed by atoms with Gasteiger partial charge in [-0.2, -0.15) is 17.9 Å². The van der Waals surface area contributed by atoms with Crippen molar-refractivity contribution < 1.29 is 32.2 Å². The van der Waals surface area contributed by atoms with E-state index < -0.39 is 29.2 Å². The maximum atomic E-state index is 14.8. The van der Waals surface area contributed by atoms with Gasteiger partial charge in [-0.1, -0.05) is 42.5 Å². The predicted octanol–water partition coefficient (Wildman–Crippen LogP) is 7.12. The first-order chi connectivity index (χ1) is 21.1. The van der Waals surface area contributed by atoms with E-state index in [9.17, 15) is 32.3 Å². The summed E-state index contributed by atoms with van der Waals surface area (Å²) < 4.78 is 61.4. The van der Waals surface area contributed by atoms with Crippen molar-refractivity contribution in [3.05, 3.63) is 130 Å². The summed E-state index contributed by atoms with van der Waals surface area (Å²) in [7, 11) is 0. The van der Waals surface area contributed by atoms with Gasteiger partial charge < -0.3 is 9.84 Å². The van der Waals surface area contributed by atoms with Crippen molar-refractivity contribution in [1.82, 2.24) is 14.3 Å². The molecular formula is C33H27F4N3O4. The Hall–Kier alpha value is -5.19. The Morgan fingerprint density at radius 1 is 0.909 bits per heavy atom. The molecule has 0 saturated carbocycles. The fraction of sp³-hybridized carbons (Fsp3) is 0.182. The van der Waals surface area contributed by atoms with Crippen LogP contribution in [-0.4, -0.2) is 32.0 Å². The zero-order valence-electron chi connectivity index (χ0n) is 23.5. The van der Waals surface area contributed by atoms with Crippen LogP contribution < -0.4 is 10.4 Å². The number of carbonyl (C=O) groups is 1. The molecule has 0 fully saturated rings. The molecule has 7 nitrogen and oxygen atoms in total. The lowest BCUT2D eigenvalue weighted by Crippen LogP contribution is -2.24. The van der Waals surface area contributed by atoms with Gasteiger partial charge in [0.25, 0.3) is 0 Å². The average Bonchev–Trinajstić information content (AvgIpc) is 3.33. The van der Waals surface area contributed by atoms with Crippen molar-refractivity contribution in [3.8, 4) is 28.3 Å². The summed E-state index contributed by atoms with van der Waals surface area (Å²) >= 11 is 0. The molecule has 0 atom stereocenters. The predicted molar refractivity (Wildman–Crippen MR) is 156 cm³/mol. The van der Waals surface area contributed by atoms with Crippen molar-refractivity contribution in [1.29, 1.82) is 0 Å². The minimum Gasteiger partial charge on any atom is -0.493 e. The van der Waals surface area contributed by atoms with E-state index in [1.165, 1.54) is 18.2 Å². The topological polar surface area (TPSA) is 86.4 Å². The molecule has 0 unspecified atom stereocenters. The molecule has 0 aliphatic rings. The van der Waals surface area contributed by atoms with Crippen LogP contribution in [0.5, 0.6) is 5.75 Å². The normalized spacial score (nSPS) is 11.5. The van der Waals surface area contributed by atoms with Crippen LogP contribution in [0.4, 0.5) is 17.6 Å². The molecule has 4 aromatic carbocycles.